The Morgan fingerprint density at radius 1 is 1.17 bits per heavy atom. The molecule has 4 nitrogen and oxygen atoms in total. The van der Waals surface area contributed by atoms with Crippen LogP contribution in [-0.2, 0) is 19.3 Å². The molecule has 4 heteroatoms. The number of phenolic OH excluding ortho intramolecular Hbond substituents is 2. The van der Waals surface area contributed by atoms with E-state index in [0.29, 0.717) is 12.2 Å². The van der Waals surface area contributed by atoms with Crippen LogP contribution in [0.25, 0.3) is 0 Å². The van der Waals surface area contributed by atoms with Gasteiger partial charge in [0.2, 0.25) is 0 Å². The summed E-state index contributed by atoms with van der Waals surface area (Å²) in [7, 11) is 0. The Morgan fingerprint density at radius 3 is 2.72 bits per heavy atom. The number of phenols is 2. The summed E-state index contributed by atoms with van der Waals surface area (Å²) in [6.07, 6.45) is 6.15. The number of aryl methyl sites for hydroxylation is 1. The van der Waals surface area contributed by atoms with Gasteiger partial charge in [0.25, 0.3) is 0 Å². The molecule has 1 unspecified atom stereocenters. The normalized spacial score (nSPS) is 19.4. The maximum absolute atomic E-state index is 11.0. The Balaban J connectivity index is 1.78. The van der Waals surface area contributed by atoms with E-state index in [1.807, 2.05) is 6.07 Å². The summed E-state index contributed by atoms with van der Waals surface area (Å²) in [4.78, 5) is 0. The van der Waals surface area contributed by atoms with Gasteiger partial charge in [-0.2, -0.15) is 0 Å². The maximum Gasteiger partial charge on any atom is 0.165 e. The molecule has 2 aliphatic rings. The highest BCUT2D eigenvalue weighted by Crippen LogP contribution is 2.47. The fourth-order valence-electron chi connectivity index (χ4n) is 4.22. The summed E-state index contributed by atoms with van der Waals surface area (Å²) in [5.41, 5.74) is 5.04. The Hall–Kier alpha value is -2.62. The number of benzene rings is 2. The van der Waals surface area contributed by atoms with E-state index in [-0.39, 0.29) is 23.2 Å². The maximum atomic E-state index is 11.0. The lowest BCUT2D eigenvalue weighted by atomic mass is 9.85. The third-order valence-electron chi connectivity index (χ3n) is 5.90. The first-order valence-electron chi connectivity index (χ1n) is 10.4. The van der Waals surface area contributed by atoms with Crippen molar-refractivity contribution in [1.82, 2.24) is 0 Å². The molecule has 0 saturated carbocycles. The first kappa shape index (κ1) is 19.7. The Bertz CT molecular complexity index is 967. The molecule has 0 fully saturated rings. The van der Waals surface area contributed by atoms with Gasteiger partial charge in [0, 0.05) is 17.2 Å². The van der Waals surface area contributed by atoms with Gasteiger partial charge in [-0.05, 0) is 83.1 Å². The van der Waals surface area contributed by atoms with E-state index < -0.39 is 0 Å². The van der Waals surface area contributed by atoms with Crippen molar-refractivity contribution in [3.8, 4) is 23.0 Å². The average Bonchev–Trinajstić information content (AvgIpc) is 2.66. The first-order chi connectivity index (χ1) is 13.7. The molecule has 2 aromatic carbocycles. The van der Waals surface area contributed by atoms with Crippen molar-refractivity contribution >= 4 is 0 Å². The summed E-state index contributed by atoms with van der Waals surface area (Å²) in [6.45, 7) is 8.25. The van der Waals surface area contributed by atoms with Crippen molar-refractivity contribution in [3.63, 3.8) is 0 Å². The minimum Gasteiger partial charge on any atom is -0.508 e. The average molecular weight is 395 g/mol. The number of aromatic hydroxyl groups is 2. The van der Waals surface area contributed by atoms with Crippen LogP contribution in [0.2, 0.25) is 0 Å². The van der Waals surface area contributed by atoms with E-state index in [2.05, 4.69) is 39.8 Å². The van der Waals surface area contributed by atoms with Crippen LogP contribution in [0, 0.1) is 0 Å². The largest absolute Gasteiger partial charge is 0.508 e. The van der Waals surface area contributed by atoms with E-state index in [1.54, 1.807) is 12.1 Å². The quantitative estimate of drug-likeness (QED) is 0.648. The predicted octanol–water partition coefficient (Wildman–Crippen LogP) is 5.78. The van der Waals surface area contributed by atoms with Gasteiger partial charge >= 0.3 is 0 Å². The van der Waals surface area contributed by atoms with Gasteiger partial charge in [-0.15, -0.1) is 0 Å². The third kappa shape index (κ3) is 3.93. The SMILES string of the molecule is CC(C)=CCc1cc(C2CCc3ccc(O)cc3O2)c2c(c1O)OC(C)(C)CC2. The standard InChI is InChI=1S/C25H30O4/c1-15(2)5-6-17-13-20(19-11-12-25(3,4)29-24(19)23(17)27)21-10-8-16-7-9-18(26)14-22(16)28-21/h5,7,9,13-14,21,26-27H,6,8,10-12H2,1-4H3. The second-order valence-electron chi connectivity index (χ2n) is 9.07. The summed E-state index contributed by atoms with van der Waals surface area (Å²) in [5, 5.41) is 20.8. The van der Waals surface area contributed by atoms with E-state index in [4.69, 9.17) is 9.47 Å². The van der Waals surface area contributed by atoms with Gasteiger partial charge in [0.1, 0.15) is 23.2 Å². The van der Waals surface area contributed by atoms with Gasteiger partial charge in [0.05, 0.1) is 0 Å². The second-order valence-corrected chi connectivity index (χ2v) is 9.07. The lowest BCUT2D eigenvalue weighted by Gasteiger charge is -2.36. The molecule has 0 radical (unpaired) electrons. The van der Waals surface area contributed by atoms with Gasteiger partial charge < -0.3 is 19.7 Å². The first-order valence-corrected chi connectivity index (χ1v) is 10.4. The van der Waals surface area contributed by atoms with Gasteiger partial charge in [0.15, 0.2) is 11.5 Å². The van der Waals surface area contributed by atoms with E-state index >= 15 is 0 Å². The number of ether oxygens (including phenoxy) is 2. The van der Waals surface area contributed by atoms with Crippen LogP contribution in [0.15, 0.2) is 35.9 Å². The summed E-state index contributed by atoms with van der Waals surface area (Å²) >= 11 is 0. The third-order valence-corrected chi connectivity index (χ3v) is 5.90. The molecule has 0 saturated heterocycles. The molecule has 2 aromatic rings. The van der Waals surface area contributed by atoms with Crippen molar-refractivity contribution < 1.29 is 19.7 Å². The molecule has 0 amide bonds. The molecule has 4 rings (SSSR count). The zero-order chi connectivity index (χ0) is 20.8. The molecule has 2 heterocycles. The van der Waals surface area contributed by atoms with Crippen LogP contribution in [0.4, 0.5) is 0 Å². The summed E-state index contributed by atoms with van der Waals surface area (Å²) in [6, 6.07) is 7.42. The predicted molar refractivity (Wildman–Crippen MR) is 114 cm³/mol. The number of rotatable bonds is 3. The number of fused-ring (bicyclic) bond motifs is 2. The lowest BCUT2D eigenvalue weighted by Crippen LogP contribution is -2.33. The summed E-state index contributed by atoms with van der Waals surface area (Å²) in [5.74, 6) is 1.82. The van der Waals surface area contributed by atoms with E-state index in [1.165, 1.54) is 5.57 Å². The Morgan fingerprint density at radius 2 is 1.97 bits per heavy atom. The highest BCUT2D eigenvalue weighted by atomic mass is 16.5. The van der Waals surface area contributed by atoms with Gasteiger partial charge in [-0.25, -0.2) is 0 Å². The molecule has 0 aromatic heterocycles. The van der Waals surface area contributed by atoms with Crippen molar-refractivity contribution in [3.05, 3.63) is 58.2 Å². The van der Waals surface area contributed by atoms with Crippen LogP contribution < -0.4 is 9.47 Å². The van der Waals surface area contributed by atoms with Crippen LogP contribution in [0.1, 0.15) is 68.9 Å². The van der Waals surface area contributed by atoms with Crippen molar-refractivity contribution in [2.75, 3.05) is 0 Å². The minimum atomic E-state index is -0.303. The number of hydrogen-bond donors (Lipinski definition) is 2. The Labute approximate surface area is 172 Å². The highest BCUT2D eigenvalue weighted by Gasteiger charge is 2.34. The van der Waals surface area contributed by atoms with E-state index in [9.17, 15) is 10.2 Å². The molecule has 2 aliphatic heterocycles. The van der Waals surface area contributed by atoms with Crippen molar-refractivity contribution in [1.29, 1.82) is 0 Å². The molecule has 0 bridgehead atoms. The fourth-order valence-corrected chi connectivity index (χ4v) is 4.22. The summed E-state index contributed by atoms with van der Waals surface area (Å²) < 4.78 is 12.6. The van der Waals surface area contributed by atoms with Crippen LogP contribution >= 0.6 is 0 Å². The van der Waals surface area contributed by atoms with Crippen LogP contribution in [0.5, 0.6) is 23.0 Å². The highest BCUT2D eigenvalue weighted by molar-refractivity contribution is 5.58. The molecule has 29 heavy (non-hydrogen) atoms. The zero-order valence-electron chi connectivity index (χ0n) is 17.7. The monoisotopic (exact) mass is 394 g/mol. The molecule has 1 atom stereocenters. The van der Waals surface area contributed by atoms with Gasteiger partial charge in [-0.1, -0.05) is 17.7 Å². The number of allylic oxidation sites excluding steroid dienone is 2. The van der Waals surface area contributed by atoms with Gasteiger partial charge in [-0.3, -0.25) is 0 Å². The molecule has 2 N–H and O–H groups in total. The zero-order valence-corrected chi connectivity index (χ0v) is 17.7. The minimum absolute atomic E-state index is 0.117. The van der Waals surface area contributed by atoms with Crippen LogP contribution in [0.3, 0.4) is 0 Å². The topological polar surface area (TPSA) is 58.9 Å². The van der Waals surface area contributed by atoms with E-state index in [0.717, 1.165) is 53.7 Å². The lowest BCUT2D eigenvalue weighted by molar-refractivity contribution is 0.0783. The fraction of sp³-hybridized carbons (Fsp3) is 0.440. The molecule has 0 spiro atoms. The Kier molecular flexibility index (Phi) is 4.97. The smallest absolute Gasteiger partial charge is 0.165 e. The number of hydrogen-bond acceptors (Lipinski definition) is 4. The molecule has 154 valence electrons. The molecule has 0 aliphatic carbocycles. The second kappa shape index (κ2) is 7.33. The van der Waals surface area contributed by atoms with Crippen molar-refractivity contribution in [2.45, 2.75) is 71.5 Å². The van der Waals surface area contributed by atoms with Crippen LogP contribution in [-0.4, -0.2) is 15.8 Å². The molecular weight excluding hydrogens is 364 g/mol. The van der Waals surface area contributed by atoms with Crippen molar-refractivity contribution in [2.24, 2.45) is 0 Å². The molecular formula is C25H30O4.